The van der Waals surface area contributed by atoms with Crippen LogP contribution < -0.4 is 5.73 Å². The van der Waals surface area contributed by atoms with E-state index in [0.29, 0.717) is 6.42 Å². The molecule has 0 bridgehead atoms. The van der Waals surface area contributed by atoms with Crippen molar-refractivity contribution in [2.45, 2.75) is 173 Å². The van der Waals surface area contributed by atoms with Gasteiger partial charge in [-0.05, 0) is 51.4 Å². The van der Waals surface area contributed by atoms with Crippen molar-refractivity contribution in [3.05, 3.63) is 60.8 Å². The Hall–Kier alpha value is -2.41. The Morgan fingerprint density at radius 1 is 0.643 bits per heavy atom. The van der Waals surface area contributed by atoms with Crippen molar-refractivity contribution in [1.29, 1.82) is 0 Å². The van der Waals surface area contributed by atoms with Crippen molar-refractivity contribution in [1.82, 2.24) is 0 Å². The number of hydrogen-bond donors (Lipinski definition) is 5. The Labute approximate surface area is 337 Å². The van der Waals surface area contributed by atoms with E-state index in [2.05, 4.69) is 26.0 Å². The highest BCUT2D eigenvalue weighted by atomic mass is 31.2. The van der Waals surface area contributed by atoms with E-state index >= 15 is 0 Å². The number of phosphoric ester groups is 1. The number of aliphatic hydroxyl groups excluding tert-OH is 3. The van der Waals surface area contributed by atoms with E-state index in [4.69, 9.17) is 24.3 Å². The summed E-state index contributed by atoms with van der Waals surface area (Å²) >= 11 is 0. The Kier molecular flexibility index (Phi) is 36.5. The van der Waals surface area contributed by atoms with Gasteiger partial charge in [-0.25, -0.2) is 4.57 Å². The van der Waals surface area contributed by atoms with Crippen LogP contribution in [-0.4, -0.2) is 82.9 Å². The van der Waals surface area contributed by atoms with Gasteiger partial charge in [0.05, 0.1) is 31.5 Å². The van der Waals surface area contributed by atoms with E-state index in [1.165, 1.54) is 44.6 Å². The van der Waals surface area contributed by atoms with Crippen molar-refractivity contribution in [3.8, 4) is 0 Å². The second kappa shape index (κ2) is 38.1. The lowest BCUT2D eigenvalue weighted by molar-refractivity contribution is -0.161. The molecule has 0 spiro atoms. The monoisotopic (exact) mass is 814 g/mol. The van der Waals surface area contributed by atoms with Crippen molar-refractivity contribution >= 4 is 19.8 Å². The van der Waals surface area contributed by atoms with E-state index in [1.54, 1.807) is 42.5 Å². The molecule has 0 amide bonds. The van der Waals surface area contributed by atoms with Gasteiger partial charge in [-0.1, -0.05) is 145 Å². The summed E-state index contributed by atoms with van der Waals surface area (Å²) in [5, 5.41) is 30.5. The van der Waals surface area contributed by atoms with Gasteiger partial charge in [-0.3, -0.25) is 18.6 Å². The number of carbonyl (C=O) groups is 2. The third kappa shape index (κ3) is 36.0. The van der Waals surface area contributed by atoms with Gasteiger partial charge < -0.3 is 35.4 Å². The summed E-state index contributed by atoms with van der Waals surface area (Å²) in [6.45, 7) is 3.19. The SMILES string of the molecule is CCCCCCCC/C=C\CCCCCCCC(=O)OC[C@H](COP(=O)(O)OCCN)OC(=O)CCC[C@H](O)[C@@H](O)/C=C/C=C/C=C\C=C\[C@@H](O)CCCCC. The molecule has 0 saturated heterocycles. The average Bonchev–Trinajstić information content (AvgIpc) is 3.17. The molecule has 0 heterocycles. The molecule has 5 atom stereocenters. The first-order valence-corrected chi connectivity index (χ1v) is 22.6. The zero-order valence-corrected chi connectivity index (χ0v) is 35.3. The summed E-state index contributed by atoms with van der Waals surface area (Å²) in [4.78, 5) is 34.9. The molecule has 0 aromatic heterocycles. The summed E-state index contributed by atoms with van der Waals surface area (Å²) in [5.41, 5.74) is 5.32. The predicted octanol–water partition coefficient (Wildman–Crippen LogP) is 8.63. The van der Waals surface area contributed by atoms with Crippen molar-refractivity contribution in [2.75, 3.05) is 26.4 Å². The lowest BCUT2D eigenvalue weighted by Gasteiger charge is -2.20. The number of aliphatic hydroxyl groups is 3. The van der Waals surface area contributed by atoms with Crippen LogP contribution in [-0.2, 0) is 32.7 Å². The lowest BCUT2D eigenvalue weighted by Crippen LogP contribution is -2.30. The van der Waals surface area contributed by atoms with Crippen molar-refractivity contribution < 1.29 is 52.9 Å². The standard InChI is InChI=1S/C43H76NO11P/c1-3-5-7-8-9-10-11-12-13-14-15-16-17-22-26-32-42(48)52-36-39(37-54-56(50,51)53-35-34-44)55-43(49)33-27-31-41(47)40(46)30-25-21-19-18-20-24-29-38(45)28-23-6-4-2/h12-13,18-21,24-25,29-30,38-41,45-47H,3-11,14-17,22-23,26-28,31-37,44H2,1-2H3,(H,50,51)/b13-12-,20-18-,21-19+,29-24+,30-25+/t38-,39+,40-,41-/m0/s1. The number of unbranched alkanes of at least 4 members (excludes halogenated alkanes) is 13. The molecule has 56 heavy (non-hydrogen) atoms. The van der Waals surface area contributed by atoms with Crippen LogP contribution in [0.5, 0.6) is 0 Å². The van der Waals surface area contributed by atoms with Crippen LogP contribution in [0.4, 0.5) is 0 Å². The first-order valence-electron chi connectivity index (χ1n) is 21.1. The number of carbonyl (C=O) groups excluding carboxylic acids is 2. The molecule has 0 radical (unpaired) electrons. The minimum atomic E-state index is -4.48. The number of phosphoric acid groups is 1. The van der Waals surface area contributed by atoms with E-state index in [1.807, 2.05) is 0 Å². The molecular formula is C43H76NO11P. The Bertz CT molecular complexity index is 1160. The van der Waals surface area contributed by atoms with Crippen LogP contribution in [0.1, 0.15) is 149 Å². The van der Waals surface area contributed by atoms with Crippen LogP contribution in [0.15, 0.2) is 60.8 Å². The first-order chi connectivity index (χ1) is 27.0. The fourth-order valence-corrected chi connectivity index (χ4v) is 6.19. The lowest BCUT2D eigenvalue weighted by atomic mass is 10.1. The molecule has 12 nitrogen and oxygen atoms in total. The quantitative estimate of drug-likeness (QED) is 0.0131. The number of rotatable bonds is 38. The van der Waals surface area contributed by atoms with Gasteiger partial charge in [0.1, 0.15) is 6.61 Å². The third-order valence-corrected chi connectivity index (χ3v) is 9.73. The fourth-order valence-electron chi connectivity index (χ4n) is 5.42. The van der Waals surface area contributed by atoms with E-state index in [0.717, 1.165) is 64.2 Å². The maximum absolute atomic E-state index is 12.6. The molecule has 0 aromatic carbocycles. The molecule has 0 rings (SSSR count). The zero-order chi connectivity index (χ0) is 41.5. The van der Waals surface area contributed by atoms with E-state index in [9.17, 15) is 34.4 Å². The van der Waals surface area contributed by atoms with Gasteiger partial charge >= 0.3 is 19.8 Å². The van der Waals surface area contributed by atoms with Crippen LogP contribution in [0.25, 0.3) is 0 Å². The number of hydrogen-bond acceptors (Lipinski definition) is 11. The second-order valence-corrected chi connectivity index (χ2v) is 15.5. The fraction of sp³-hybridized carbons (Fsp3) is 0.721. The summed E-state index contributed by atoms with van der Waals surface area (Å²) in [6.07, 6.45) is 33.3. The highest BCUT2D eigenvalue weighted by Crippen LogP contribution is 2.43. The largest absolute Gasteiger partial charge is 0.472 e. The molecule has 0 aliphatic carbocycles. The van der Waals surface area contributed by atoms with Gasteiger partial charge in [0.15, 0.2) is 6.10 Å². The molecule has 6 N–H and O–H groups in total. The molecule has 0 aliphatic rings. The normalized spacial score (nSPS) is 15.6. The molecule has 13 heteroatoms. The maximum Gasteiger partial charge on any atom is 0.472 e. The molecule has 324 valence electrons. The van der Waals surface area contributed by atoms with Crippen molar-refractivity contribution in [2.24, 2.45) is 5.73 Å². The molecule has 0 fully saturated rings. The summed E-state index contributed by atoms with van der Waals surface area (Å²) < 4.78 is 32.5. The zero-order valence-electron chi connectivity index (χ0n) is 34.4. The van der Waals surface area contributed by atoms with Gasteiger partial charge in [0.25, 0.3) is 0 Å². The number of allylic oxidation sites excluding steroid dienone is 8. The minimum absolute atomic E-state index is 0.00566. The van der Waals surface area contributed by atoms with Gasteiger partial charge in [-0.15, -0.1) is 0 Å². The summed E-state index contributed by atoms with van der Waals surface area (Å²) in [7, 11) is -4.48. The Morgan fingerprint density at radius 2 is 1.20 bits per heavy atom. The van der Waals surface area contributed by atoms with Crippen LogP contribution in [0.2, 0.25) is 0 Å². The second-order valence-electron chi connectivity index (χ2n) is 14.1. The van der Waals surface area contributed by atoms with Crippen LogP contribution in [0.3, 0.4) is 0 Å². The topological polar surface area (TPSA) is 195 Å². The van der Waals surface area contributed by atoms with E-state index in [-0.39, 0.29) is 45.4 Å². The molecule has 0 aliphatic heterocycles. The van der Waals surface area contributed by atoms with Gasteiger partial charge in [0.2, 0.25) is 0 Å². The Balaban J connectivity index is 4.55. The van der Waals surface area contributed by atoms with Gasteiger partial charge in [0, 0.05) is 19.4 Å². The number of esters is 2. The van der Waals surface area contributed by atoms with Crippen LogP contribution in [0, 0.1) is 0 Å². The highest BCUT2D eigenvalue weighted by molar-refractivity contribution is 7.47. The molecule has 1 unspecified atom stereocenters. The van der Waals surface area contributed by atoms with Crippen molar-refractivity contribution in [3.63, 3.8) is 0 Å². The van der Waals surface area contributed by atoms with E-state index < -0.39 is 50.8 Å². The first kappa shape index (κ1) is 53.6. The molecule has 0 aromatic rings. The maximum atomic E-state index is 12.6. The van der Waals surface area contributed by atoms with Gasteiger partial charge in [-0.2, -0.15) is 0 Å². The highest BCUT2D eigenvalue weighted by Gasteiger charge is 2.26. The summed E-state index contributed by atoms with van der Waals surface area (Å²) in [5.74, 6) is -1.17. The minimum Gasteiger partial charge on any atom is -0.462 e. The third-order valence-electron chi connectivity index (χ3n) is 8.74. The Morgan fingerprint density at radius 3 is 1.84 bits per heavy atom. The average molecular weight is 814 g/mol. The summed E-state index contributed by atoms with van der Waals surface area (Å²) in [6, 6.07) is 0. The number of nitrogens with two attached hydrogens (primary N) is 1. The van der Waals surface area contributed by atoms with Crippen LogP contribution >= 0.6 is 7.82 Å². The number of ether oxygens (including phenoxy) is 2. The smallest absolute Gasteiger partial charge is 0.462 e. The molecule has 0 saturated carbocycles. The molecular weight excluding hydrogens is 737 g/mol. The predicted molar refractivity (Wildman–Crippen MR) is 224 cm³/mol.